The summed E-state index contributed by atoms with van der Waals surface area (Å²) >= 11 is 0. The van der Waals surface area contributed by atoms with Gasteiger partial charge in [-0.25, -0.2) is 0 Å². The predicted octanol–water partition coefficient (Wildman–Crippen LogP) is 2.97. The first kappa shape index (κ1) is 16.4. The van der Waals surface area contributed by atoms with E-state index in [1.807, 2.05) is 26.0 Å². The van der Waals surface area contributed by atoms with Crippen molar-refractivity contribution in [3.63, 3.8) is 0 Å². The van der Waals surface area contributed by atoms with E-state index in [0.29, 0.717) is 5.92 Å². The molecule has 0 radical (unpaired) electrons. The normalized spacial score (nSPS) is 24.8. The molecule has 25 heavy (non-hydrogen) atoms. The summed E-state index contributed by atoms with van der Waals surface area (Å²) in [7, 11) is 0. The van der Waals surface area contributed by atoms with Gasteiger partial charge < -0.3 is 19.7 Å². The molecule has 0 saturated carbocycles. The molecule has 0 spiro atoms. The lowest BCUT2D eigenvalue weighted by atomic mass is 9.95. The van der Waals surface area contributed by atoms with E-state index in [2.05, 4.69) is 31.2 Å². The zero-order valence-corrected chi connectivity index (χ0v) is 14.8. The Balaban J connectivity index is 1.51. The lowest BCUT2D eigenvalue weighted by molar-refractivity contribution is 0.129. The van der Waals surface area contributed by atoms with Crippen molar-refractivity contribution in [2.75, 3.05) is 13.2 Å². The fourth-order valence-electron chi connectivity index (χ4n) is 3.89. The Labute approximate surface area is 148 Å². The van der Waals surface area contributed by atoms with Crippen LogP contribution in [0.15, 0.2) is 36.4 Å². The molecule has 0 aliphatic heterocycles. The van der Waals surface area contributed by atoms with E-state index in [-0.39, 0.29) is 30.8 Å². The average molecular weight is 340 g/mol. The first-order valence-electron chi connectivity index (χ1n) is 8.83. The molecule has 0 aromatic heterocycles. The first-order chi connectivity index (χ1) is 12.0. The van der Waals surface area contributed by atoms with Crippen LogP contribution in [0.2, 0.25) is 0 Å². The van der Waals surface area contributed by atoms with Crippen molar-refractivity contribution in [2.24, 2.45) is 0 Å². The van der Waals surface area contributed by atoms with Gasteiger partial charge in [0.1, 0.15) is 23.7 Å². The average Bonchev–Trinajstić information content (AvgIpc) is 3.48. The SMILES string of the molecule is CC(CO)Oc1ccc2c(c1)C2C1(C)c2ccc(OC(C)CO)cc21. The lowest BCUT2D eigenvalue weighted by Crippen LogP contribution is -2.16. The highest BCUT2D eigenvalue weighted by Gasteiger charge is 2.59. The van der Waals surface area contributed by atoms with Crippen LogP contribution in [-0.2, 0) is 5.41 Å². The topological polar surface area (TPSA) is 58.9 Å². The Morgan fingerprint density at radius 1 is 0.880 bits per heavy atom. The molecule has 4 unspecified atom stereocenters. The standard InChI is InChI=1S/C21H24O4/c1-12(10-22)24-14-4-6-16-17(8-14)20(16)21(3)18-7-5-15(9-19(18)21)25-13(2)11-23/h4-9,12-13,20,22-23H,10-11H2,1-3H3. The van der Waals surface area contributed by atoms with Gasteiger partial charge in [0.05, 0.1) is 13.2 Å². The monoisotopic (exact) mass is 340 g/mol. The Morgan fingerprint density at radius 2 is 1.48 bits per heavy atom. The quantitative estimate of drug-likeness (QED) is 0.814. The van der Waals surface area contributed by atoms with E-state index in [1.165, 1.54) is 22.3 Å². The van der Waals surface area contributed by atoms with Gasteiger partial charge in [-0.15, -0.1) is 0 Å². The van der Waals surface area contributed by atoms with Gasteiger partial charge in [0, 0.05) is 11.3 Å². The summed E-state index contributed by atoms with van der Waals surface area (Å²) in [5.41, 5.74) is 5.42. The van der Waals surface area contributed by atoms with Gasteiger partial charge in [-0.3, -0.25) is 0 Å². The van der Waals surface area contributed by atoms with Crippen LogP contribution in [0.4, 0.5) is 0 Å². The number of hydrogen-bond donors (Lipinski definition) is 2. The molecule has 4 nitrogen and oxygen atoms in total. The van der Waals surface area contributed by atoms with Crippen molar-refractivity contribution >= 4 is 0 Å². The first-order valence-corrected chi connectivity index (χ1v) is 8.83. The number of aliphatic hydroxyl groups excluding tert-OH is 2. The largest absolute Gasteiger partial charge is 0.488 e. The van der Waals surface area contributed by atoms with E-state index in [4.69, 9.17) is 19.7 Å². The zero-order valence-electron chi connectivity index (χ0n) is 14.8. The molecule has 0 bridgehead atoms. The van der Waals surface area contributed by atoms with Crippen LogP contribution < -0.4 is 9.47 Å². The summed E-state index contributed by atoms with van der Waals surface area (Å²) in [6, 6.07) is 12.4. The van der Waals surface area contributed by atoms with Crippen molar-refractivity contribution in [3.8, 4) is 11.5 Å². The highest BCUT2D eigenvalue weighted by atomic mass is 16.5. The molecule has 2 aromatic carbocycles. The molecule has 4 rings (SSSR count). The van der Waals surface area contributed by atoms with Gasteiger partial charge >= 0.3 is 0 Å². The number of ether oxygens (including phenoxy) is 2. The third-order valence-electron chi connectivity index (χ3n) is 5.41. The molecule has 4 heteroatoms. The lowest BCUT2D eigenvalue weighted by Gasteiger charge is -2.11. The molecule has 2 aliphatic carbocycles. The number of aliphatic hydroxyl groups is 2. The molecule has 4 atom stereocenters. The molecule has 0 fully saturated rings. The van der Waals surface area contributed by atoms with E-state index < -0.39 is 0 Å². The summed E-state index contributed by atoms with van der Waals surface area (Å²) in [4.78, 5) is 0. The van der Waals surface area contributed by atoms with Crippen LogP contribution in [0.5, 0.6) is 11.5 Å². The van der Waals surface area contributed by atoms with Gasteiger partial charge in [-0.05, 0) is 60.4 Å². The summed E-state index contributed by atoms with van der Waals surface area (Å²) < 4.78 is 11.4. The predicted molar refractivity (Wildman–Crippen MR) is 95.5 cm³/mol. The second-order valence-corrected chi connectivity index (χ2v) is 7.36. The van der Waals surface area contributed by atoms with Crippen LogP contribution in [0, 0.1) is 0 Å². The van der Waals surface area contributed by atoms with Gasteiger partial charge in [-0.2, -0.15) is 0 Å². The summed E-state index contributed by atoms with van der Waals surface area (Å²) in [5, 5.41) is 18.3. The highest BCUT2D eigenvalue weighted by molar-refractivity contribution is 5.73. The summed E-state index contributed by atoms with van der Waals surface area (Å²) in [5.74, 6) is 2.03. The molecule has 0 saturated heterocycles. The molecule has 132 valence electrons. The van der Waals surface area contributed by atoms with Crippen LogP contribution in [-0.4, -0.2) is 35.6 Å². The summed E-state index contributed by atoms with van der Waals surface area (Å²) in [6.45, 7) is 6.01. The minimum atomic E-state index is -0.200. The molecule has 2 aromatic rings. The molecule has 2 N–H and O–H groups in total. The Hall–Kier alpha value is -2.04. The molecular formula is C21H24O4. The van der Waals surface area contributed by atoms with Gasteiger partial charge in [0.25, 0.3) is 0 Å². The van der Waals surface area contributed by atoms with Crippen LogP contribution in [0.25, 0.3) is 0 Å². The third kappa shape index (κ3) is 2.60. The van der Waals surface area contributed by atoms with E-state index in [1.54, 1.807) is 0 Å². The van der Waals surface area contributed by atoms with Crippen molar-refractivity contribution in [1.82, 2.24) is 0 Å². The van der Waals surface area contributed by atoms with Gasteiger partial charge in [0.15, 0.2) is 0 Å². The van der Waals surface area contributed by atoms with Crippen LogP contribution in [0.1, 0.15) is 48.9 Å². The third-order valence-corrected chi connectivity index (χ3v) is 5.41. The van der Waals surface area contributed by atoms with Crippen LogP contribution in [0.3, 0.4) is 0 Å². The van der Waals surface area contributed by atoms with Crippen LogP contribution >= 0.6 is 0 Å². The van der Waals surface area contributed by atoms with E-state index >= 15 is 0 Å². The van der Waals surface area contributed by atoms with Crippen molar-refractivity contribution in [3.05, 3.63) is 58.7 Å². The number of fused-ring (bicyclic) bond motifs is 2. The maximum atomic E-state index is 9.15. The van der Waals surface area contributed by atoms with Crippen molar-refractivity contribution < 1.29 is 19.7 Å². The smallest absolute Gasteiger partial charge is 0.120 e. The minimum Gasteiger partial charge on any atom is -0.488 e. The second-order valence-electron chi connectivity index (χ2n) is 7.36. The fourth-order valence-corrected chi connectivity index (χ4v) is 3.89. The maximum absolute atomic E-state index is 9.15. The van der Waals surface area contributed by atoms with Gasteiger partial charge in [-0.1, -0.05) is 19.1 Å². The molecule has 2 aliphatic rings. The van der Waals surface area contributed by atoms with E-state index in [9.17, 15) is 0 Å². The van der Waals surface area contributed by atoms with Crippen molar-refractivity contribution in [1.29, 1.82) is 0 Å². The Bertz CT molecular complexity index is 816. The Morgan fingerprint density at radius 3 is 2.12 bits per heavy atom. The van der Waals surface area contributed by atoms with E-state index in [0.717, 1.165) is 11.5 Å². The Kier molecular flexibility index (Phi) is 3.78. The van der Waals surface area contributed by atoms with Gasteiger partial charge in [0.2, 0.25) is 0 Å². The molecule has 0 amide bonds. The zero-order chi connectivity index (χ0) is 17.8. The fraction of sp³-hybridized carbons (Fsp3) is 0.429. The highest BCUT2D eigenvalue weighted by Crippen LogP contribution is 2.68. The van der Waals surface area contributed by atoms with Crippen molar-refractivity contribution in [2.45, 2.75) is 44.3 Å². The minimum absolute atomic E-state index is 0.0114. The number of hydrogen-bond acceptors (Lipinski definition) is 4. The molecule has 0 heterocycles. The number of rotatable bonds is 7. The maximum Gasteiger partial charge on any atom is 0.120 e. The summed E-state index contributed by atoms with van der Waals surface area (Å²) in [6.07, 6.45) is -0.397. The number of benzene rings is 2. The molecular weight excluding hydrogens is 316 g/mol. The second kappa shape index (κ2) is 5.75.